The predicted octanol–water partition coefficient (Wildman–Crippen LogP) is 5.44. The van der Waals surface area contributed by atoms with Gasteiger partial charge < -0.3 is 5.32 Å². The highest BCUT2D eigenvalue weighted by Crippen LogP contribution is 2.42. The second kappa shape index (κ2) is 5.40. The van der Waals surface area contributed by atoms with Gasteiger partial charge in [0.2, 0.25) is 0 Å². The van der Waals surface area contributed by atoms with Crippen LogP contribution in [0.1, 0.15) is 26.3 Å². The summed E-state index contributed by atoms with van der Waals surface area (Å²) < 4.78 is 13.6. The van der Waals surface area contributed by atoms with Crippen LogP contribution in [0, 0.1) is 11.7 Å². The van der Waals surface area contributed by atoms with E-state index in [1.807, 2.05) is 24.3 Å². The maximum Gasteiger partial charge on any atom is 0.123 e. The Morgan fingerprint density at radius 2 is 1.91 bits per heavy atom. The lowest BCUT2D eigenvalue weighted by molar-refractivity contribution is 0.479. The number of hydrogen-bond donors (Lipinski definition) is 1. The van der Waals surface area contributed by atoms with E-state index in [4.69, 9.17) is 16.6 Å². The van der Waals surface area contributed by atoms with Gasteiger partial charge in [-0.25, -0.2) is 9.38 Å². The zero-order valence-electron chi connectivity index (χ0n) is 12.8. The number of benzene rings is 2. The van der Waals surface area contributed by atoms with Crippen LogP contribution in [0.3, 0.4) is 0 Å². The highest BCUT2D eigenvalue weighted by molar-refractivity contribution is 6.34. The van der Waals surface area contributed by atoms with Crippen molar-refractivity contribution in [2.45, 2.75) is 26.3 Å². The third-order valence-electron chi connectivity index (χ3n) is 4.35. The third-order valence-corrected chi connectivity index (χ3v) is 4.67. The molecule has 0 radical (unpaired) electrons. The molecule has 0 amide bonds. The first-order valence-electron chi connectivity index (χ1n) is 7.33. The Bertz CT molecular complexity index is 755. The summed E-state index contributed by atoms with van der Waals surface area (Å²) in [6, 6.07) is 12.2. The van der Waals surface area contributed by atoms with Crippen molar-refractivity contribution < 1.29 is 4.39 Å². The molecule has 0 bridgehead atoms. The summed E-state index contributed by atoms with van der Waals surface area (Å²) in [5.41, 5.74) is 2.81. The fourth-order valence-electron chi connectivity index (χ4n) is 2.70. The van der Waals surface area contributed by atoms with Crippen LogP contribution < -0.4 is 5.32 Å². The molecule has 1 heterocycles. The van der Waals surface area contributed by atoms with Gasteiger partial charge in [0, 0.05) is 5.56 Å². The van der Waals surface area contributed by atoms with Gasteiger partial charge in [0.05, 0.1) is 27.6 Å². The van der Waals surface area contributed by atoms with Crippen LogP contribution in [0.25, 0.3) is 0 Å². The molecule has 2 aromatic rings. The van der Waals surface area contributed by atoms with Crippen molar-refractivity contribution in [2.24, 2.45) is 10.9 Å². The summed E-state index contributed by atoms with van der Waals surface area (Å²) in [5, 5.41) is 4.17. The number of nitrogens with one attached hydrogen (secondary N) is 1. The van der Waals surface area contributed by atoms with Gasteiger partial charge in [-0.05, 0) is 37.1 Å². The largest absolute Gasteiger partial charge is 0.371 e. The van der Waals surface area contributed by atoms with Crippen LogP contribution in [-0.2, 0) is 0 Å². The summed E-state index contributed by atoms with van der Waals surface area (Å²) in [5.74, 6) is -0.0119. The van der Waals surface area contributed by atoms with E-state index in [1.165, 1.54) is 12.1 Å². The molecule has 4 heteroatoms. The van der Waals surface area contributed by atoms with E-state index in [0.717, 1.165) is 22.6 Å². The van der Waals surface area contributed by atoms with Crippen LogP contribution in [0.4, 0.5) is 15.8 Å². The third kappa shape index (κ3) is 2.40. The second-order valence-corrected chi connectivity index (χ2v) is 6.49. The highest BCUT2D eigenvalue weighted by atomic mass is 35.5. The smallest absolute Gasteiger partial charge is 0.123 e. The molecule has 2 aromatic carbocycles. The van der Waals surface area contributed by atoms with Crippen LogP contribution in [0.15, 0.2) is 47.5 Å². The first-order chi connectivity index (χ1) is 10.4. The molecule has 0 saturated heterocycles. The number of anilines is 1. The molecule has 1 aliphatic heterocycles. The van der Waals surface area contributed by atoms with Gasteiger partial charge in [0.15, 0.2) is 0 Å². The van der Waals surface area contributed by atoms with Crippen molar-refractivity contribution in [2.75, 3.05) is 5.32 Å². The zero-order valence-corrected chi connectivity index (χ0v) is 13.6. The second-order valence-electron chi connectivity index (χ2n) is 6.09. The van der Waals surface area contributed by atoms with E-state index in [-0.39, 0.29) is 11.7 Å². The van der Waals surface area contributed by atoms with Gasteiger partial charge in [-0.2, -0.15) is 0 Å². The SMILES string of the molecule is CC(C)C1(C)Nc2c(Cl)cccc2N=C1c1cccc(F)c1. The van der Waals surface area contributed by atoms with E-state index >= 15 is 0 Å². The summed E-state index contributed by atoms with van der Waals surface area (Å²) in [7, 11) is 0. The number of aliphatic imine (C=N–C) groups is 1. The van der Waals surface area contributed by atoms with Gasteiger partial charge in [0.25, 0.3) is 0 Å². The van der Waals surface area contributed by atoms with E-state index in [9.17, 15) is 4.39 Å². The fourth-order valence-corrected chi connectivity index (χ4v) is 2.92. The lowest BCUT2D eigenvalue weighted by Gasteiger charge is -2.40. The predicted molar refractivity (Wildman–Crippen MR) is 90.9 cm³/mol. The van der Waals surface area contributed by atoms with Crippen molar-refractivity contribution in [3.05, 3.63) is 58.9 Å². The Kier molecular flexibility index (Phi) is 3.69. The molecule has 0 aliphatic carbocycles. The average Bonchev–Trinajstić information content (AvgIpc) is 2.47. The minimum atomic E-state index is -0.425. The van der Waals surface area contributed by atoms with E-state index in [2.05, 4.69) is 26.1 Å². The Balaban J connectivity index is 2.23. The molecule has 0 spiro atoms. The summed E-state index contributed by atoms with van der Waals surface area (Å²) in [6.45, 7) is 6.31. The summed E-state index contributed by atoms with van der Waals surface area (Å²) in [4.78, 5) is 4.80. The average molecular weight is 317 g/mol. The topological polar surface area (TPSA) is 24.4 Å². The molecule has 1 N–H and O–H groups in total. The minimum Gasteiger partial charge on any atom is -0.371 e. The monoisotopic (exact) mass is 316 g/mol. The molecule has 0 saturated carbocycles. The molecule has 1 atom stereocenters. The number of rotatable bonds is 2. The fraction of sp³-hybridized carbons (Fsp3) is 0.278. The standard InChI is InChI=1S/C18H18ClFN2/c1-11(2)18(3)17(12-6-4-7-13(20)10-12)21-15-9-5-8-14(19)16(15)22-18/h4-11,22H,1-3H3. The van der Waals surface area contributed by atoms with Crippen LogP contribution in [0.5, 0.6) is 0 Å². The van der Waals surface area contributed by atoms with Gasteiger partial charge >= 0.3 is 0 Å². The molecule has 0 aromatic heterocycles. The Morgan fingerprint density at radius 3 is 2.59 bits per heavy atom. The zero-order chi connectivity index (χ0) is 15.9. The molecule has 3 rings (SSSR count). The molecule has 22 heavy (non-hydrogen) atoms. The van der Waals surface area contributed by atoms with E-state index < -0.39 is 5.54 Å². The molecule has 1 aliphatic rings. The van der Waals surface area contributed by atoms with Crippen LogP contribution in [0.2, 0.25) is 5.02 Å². The lowest BCUT2D eigenvalue weighted by atomic mass is 9.79. The molecule has 1 unspecified atom stereocenters. The van der Waals surface area contributed by atoms with Crippen molar-refractivity contribution in [3.63, 3.8) is 0 Å². The number of nitrogens with zero attached hydrogens (tertiary/aromatic N) is 1. The first kappa shape index (κ1) is 15.0. The first-order valence-corrected chi connectivity index (χ1v) is 7.71. The number of halogens is 2. The minimum absolute atomic E-state index is 0.249. The number of para-hydroxylation sites is 1. The number of hydrogen-bond acceptors (Lipinski definition) is 2. The van der Waals surface area contributed by atoms with Crippen molar-refractivity contribution >= 4 is 28.7 Å². The molecular formula is C18H18ClFN2. The summed E-state index contributed by atoms with van der Waals surface area (Å²) in [6.07, 6.45) is 0. The summed E-state index contributed by atoms with van der Waals surface area (Å²) >= 11 is 6.30. The molecule has 2 nitrogen and oxygen atoms in total. The van der Waals surface area contributed by atoms with E-state index in [0.29, 0.717) is 5.02 Å². The number of fused-ring (bicyclic) bond motifs is 1. The maximum absolute atomic E-state index is 13.6. The normalized spacial score (nSPS) is 20.4. The van der Waals surface area contributed by atoms with Gasteiger partial charge in [-0.1, -0.05) is 43.6 Å². The van der Waals surface area contributed by atoms with Crippen molar-refractivity contribution in [1.82, 2.24) is 0 Å². The highest BCUT2D eigenvalue weighted by Gasteiger charge is 2.38. The molecule has 0 fully saturated rings. The maximum atomic E-state index is 13.6. The van der Waals surface area contributed by atoms with Crippen LogP contribution in [-0.4, -0.2) is 11.3 Å². The van der Waals surface area contributed by atoms with Gasteiger partial charge in [-0.15, -0.1) is 0 Å². The van der Waals surface area contributed by atoms with E-state index in [1.54, 1.807) is 6.07 Å². The van der Waals surface area contributed by atoms with Gasteiger partial charge in [-0.3, -0.25) is 0 Å². The Hall–Kier alpha value is -1.87. The molecule has 114 valence electrons. The van der Waals surface area contributed by atoms with Gasteiger partial charge in [0.1, 0.15) is 5.82 Å². The van der Waals surface area contributed by atoms with Crippen molar-refractivity contribution in [3.8, 4) is 0 Å². The molecular weight excluding hydrogens is 299 g/mol. The van der Waals surface area contributed by atoms with Crippen LogP contribution >= 0.6 is 11.6 Å². The quantitative estimate of drug-likeness (QED) is 0.783. The lowest BCUT2D eigenvalue weighted by Crippen LogP contribution is -2.50. The van der Waals surface area contributed by atoms with Crippen molar-refractivity contribution in [1.29, 1.82) is 0 Å². The Morgan fingerprint density at radius 1 is 1.18 bits per heavy atom. The Labute approximate surface area is 135 Å².